The highest BCUT2D eigenvalue weighted by atomic mass is 16.5. The lowest BCUT2D eigenvalue weighted by atomic mass is 10.0. The van der Waals surface area contributed by atoms with E-state index in [9.17, 15) is 5.11 Å². The van der Waals surface area contributed by atoms with Crippen LogP contribution in [0.1, 0.15) is 26.2 Å². The zero-order valence-electron chi connectivity index (χ0n) is 11.3. The van der Waals surface area contributed by atoms with E-state index < -0.39 is 0 Å². The largest absolute Gasteiger partial charge is 0.390 e. The van der Waals surface area contributed by atoms with Crippen LogP contribution in [0.15, 0.2) is 0 Å². The van der Waals surface area contributed by atoms with Crippen LogP contribution in [-0.4, -0.2) is 62.6 Å². The maximum atomic E-state index is 9.88. The number of aliphatic hydroxyl groups excluding tert-OH is 1. The second-order valence-electron chi connectivity index (χ2n) is 5.05. The van der Waals surface area contributed by atoms with E-state index in [1.807, 2.05) is 0 Å². The number of likely N-dealkylation sites (tertiary alicyclic amines) is 1. The Hall–Kier alpha value is -0.160. The van der Waals surface area contributed by atoms with Gasteiger partial charge in [-0.25, -0.2) is 0 Å². The Kier molecular flexibility index (Phi) is 7.77. The Morgan fingerprint density at radius 1 is 1.53 bits per heavy atom. The van der Waals surface area contributed by atoms with Crippen molar-refractivity contribution in [3.05, 3.63) is 0 Å². The Bertz CT molecular complexity index is 190. The van der Waals surface area contributed by atoms with Crippen molar-refractivity contribution < 1.29 is 9.84 Å². The van der Waals surface area contributed by atoms with Crippen molar-refractivity contribution in [1.82, 2.24) is 10.2 Å². The third kappa shape index (κ3) is 6.36. The van der Waals surface area contributed by atoms with Crippen LogP contribution >= 0.6 is 0 Å². The van der Waals surface area contributed by atoms with Gasteiger partial charge in [-0.05, 0) is 25.3 Å². The van der Waals surface area contributed by atoms with E-state index >= 15 is 0 Å². The second-order valence-corrected chi connectivity index (χ2v) is 5.05. The van der Waals surface area contributed by atoms with Crippen molar-refractivity contribution in [2.24, 2.45) is 5.92 Å². The Morgan fingerprint density at radius 2 is 2.35 bits per heavy atom. The fraction of sp³-hybridized carbons (Fsp3) is 1.00. The van der Waals surface area contributed by atoms with Crippen LogP contribution in [0, 0.1) is 5.92 Å². The maximum Gasteiger partial charge on any atom is 0.0791 e. The van der Waals surface area contributed by atoms with Gasteiger partial charge in [0.15, 0.2) is 0 Å². The number of nitrogens with one attached hydrogen (secondary N) is 1. The molecule has 0 saturated carbocycles. The van der Waals surface area contributed by atoms with E-state index in [1.54, 1.807) is 7.11 Å². The first-order valence-corrected chi connectivity index (χ1v) is 6.86. The summed E-state index contributed by atoms with van der Waals surface area (Å²) in [5.74, 6) is 0.855. The quantitative estimate of drug-likeness (QED) is 0.586. The second kappa shape index (κ2) is 8.86. The standard InChI is InChI=1S/C13H28N2O2/c1-3-4-12-5-7-15(10-12)11-13(16)9-14-6-8-17-2/h12-14,16H,3-11H2,1-2H3. The maximum absolute atomic E-state index is 9.88. The molecule has 2 atom stereocenters. The highest BCUT2D eigenvalue weighted by Gasteiger charge is 2.22. The molecule has 0 amide bonds. The van der Waals surface area contributed by atoms with Gasteiger partial charge in [0.2, 0.25) is 0 Å². The number of hydrogen-bond acceptors (Lipinski definition) is 4. The van der Waals surface area contributed by atoms with Crippen LogP contribution in [0.2, 0.25) is 0 Å². The molecule has 2 unspecified atom stereocenters. The van der Waals surface area contributed by atoms with Crippen LogP contribution in [0.3, 0.4) is 0 Å². The minimum atomic E-state index is -0.257. The van der Waals surface area contributed by atoms with Crippen molar-refractivity contribution >= 4 is 0 Å². The van der Waals surface area contributed by atoms with E-state index in [0.29, 0.717) is 13.2 Å². The molecule has 0 aromatic heterocycles. The van der Waals surface area contributed by atoms with E-state index in [-0.39, 0.29) is 6.10 Å². The fourth-order valence-corrected chi connectivity index (χ4v) is 2.53. The third-order valence-corrected chi connectivity index (χ3v) is 3.40. The third-order valence-electron chi connectivity index (χ3n) is 3.40. The van der Waals surface area contributed by atoms with Crippen LogP contribution in [0.5, 0.6) is 0 Å². The molecule has 1 saturated heterocycles. The molecule has 1 rings (SSSR count). The van der Waals surface area contributed by atoms with Gasteiger partial charge >= 0.3 is 0 Å². The summed E-state index contributed by atoms with van der Waals surface area (Å²) in [6.07, 6.45) is 3.66. The molecule has 2 N–H and O–H groups in total. The molecule has 4 nitrogen and oxygen atoms in total. The van der Waals surface area contributed by atoms with Crippen molar-refractivity contribution in [3.63, 3.8) is 0 Å². The number of ether oxygens (including phenoxy) is 1. The fourth-order valence-electron chi connectivity index (χ4n) is 2.53. The average Bonchev–Trinajstić information content (AvgIpc) is 2.73. The number of aliphatic hydroxyl groups is 1. The minimum absolute atomic E-state index is 0.257. The van der Waals surface area contributed by atoms with E-state index in [0.717, 1.165) is 25.6 Å². The van der Waals surface area contributed by atoms with Gasteiger partial charge in [-0.3, -0.25) is 0 Å². The summed E-state index contributed by atoms with van der Waals surface area (Å²) in [4.78, 5) is 2.39. The zero-order valence-corrected chi connectivity index (χ0v) is 11.3. The van der Waals surface area contributed by atoms with Crippen LogP contribution in [0.25, 0.3) is 0 Å². The number of nitrogens with zero attached hydrogens (tertiary/aromatic N) is 1. The van der Waals surface area contributed by atoms with Gasteiger partial charge in [0.05, 0.1) is 12.7 Å². The van der Waals surface area contributed by atoms with Gasteiger partial charge in [0.25, 0.3) is 0 Å². The summed E-state index contributed by atoms with van der Waals surface area (Å²) in [5.41, 5.74) is 0. The Balaban J connectivity index is 2.04. The van der Waals surface area contributed by atoms with Gasteiger partial charge in [-0.1, -0.05) is 13.3 Å². The van der Waals surface area contributed by atoms with Gasteiger partial charge in [-0.2, -0.15) is 0 Å². The lowest BCUT2D eigenvalue weighted by molar-refractivity contribution is 0.117. The number of methoxy groups -OCH3 is 1. The Labute approximate surface area is 105 Å². The summed E-state index contributed by atoms with van der Waals surface area (Å²) in [7, 11) is 1.69. The van der Waals surface area contributed by atoms with Crippen LogP contribution in [-0.2, 0) is 4.74 Å². The van der Waals surface area contributed by atoms with Crippen LogP contribution in [0.4, 0.5) is 0 Å². The highest BCUT2D eigenvalue weighted by molar-refractivity contribution is 4.77. The zero-order chi connectivity index (χ0) is 12.5. The van der Waals surface area contributed by atoms with Gasteiger partial charge in [0.1, 0.15) is 0 Å². The molecule has 102 valence electrons. The molecule has 1 fully saturated rings. The minimum Gasteiger partial charge on any atom is -0.390 e. The van der Waals surface area contributed by atoms with Crippen molar-refractivity contribution in [2.45, 2.75) is 32.3 Å². The Morgan fingerprint density at radius 3 is 3.06 bits per heavy atom. The average molecular weight is 244 g/mol. The van der Waals surface area contributed by atoms with Gasteiger partial charge in [-0.15, -0.1) is 0 Å². The summed E-state index contributed by atoms with van der Waals surface area (Å²) in [6, 6.07) is 0. The van der Waals surface area contributed by atoms with Gasteiger partial charge < -0.3 is 20.1 Å². The molecule has 0 bridgehead atoms. The number of hydrogen-bond donors (Lipinski definition) is 2. The highest BCUT2D eigenvalue weighted by Crippen LogP contribution is 2.20. The molecular formula is C13H28N2O2. The lowest BCUT2D eigenvalue weighted by Crippen LogP contribution is -2.38. The molecule has 4 heteroatoms. The summed E-state index contributed by atoms with van der Waals surface area (Å²) in [6.45, 7) is 7.56. The van der Waals surface area contributed by atoms with Crippen molar-refractivity contribution in [3.8, 4) is 0 Å². The predicted molar refractivity (Wildman–Crippen MR) is 70.2 cm³/mol. The first-order valence-electron chi connectivity index (χ1n) is 6.86. The molecule has 17 heavy (non-hydrogen) atoms. The van der Waals surface area contributed by atoms with E-state index in [1.165, 1.54) is 25.8 Å². The predicted octanol–water partition coefficient (Wildman–Crippen LogP) is 0.705. The molecule has 0 spiro atoms. The SMILES string of the molecule is CCCC1CCN(CC(O)CNCCOC)C1. The first-order chi connectivity index (χ1) is 8.26. The molecule has 0 aromatic rings. The van der Waals surface area contributed by atoms with Crippen molar-refractivity contribution in [2.75, 3.05) is 46.4 Å². The lowest BCUT2D eigenvalue weighted by Gasteiger charge is -2.20. The summed E-state index contributed by atoms with van der Waals surface area (Å²) in [5, 5.41) is 13.1. The first kappa shape index (κ1) is 14.9. The van der Waals surface area contributed by atoms with Crippen molar-refractivity contribution in [1.29, 1.82) is 0 Å². The topological polar surface area (TPSA) is 44.7 Å². The normalized spacial score (nSPS) is 23.1. The number of β-amino-alcohol motifs (C(OH)–C–C–N with tert-alkyl or cyclic N) is 1. The van der Waals surface area contributed by atoms with Crippen LogP contribution < -0.4 is 5.32 Å². The smallest absolute Gasteiger partial charge is 0.0791 e. The summed E-state index contributed by atoms with van der Waals surface area (Å²) >= 11 is 0. The number of rotatable bonds is 9. The molecule has 0 radical (unpaired) electrons. The van der Waals surface area contributed by atoms with E-state index in [2.05, 4.69) is 17.1 Å². The molecule has 1 aliphatic heterocycles. The summed E-state index contributed by atoms with van der Waals surface area (Å²) < 4.78 is 4.94. The molecule has 1 heterocycles. The molecule has 0 aliphatic carbocycles. The van der Waals surface area contributed by atoms with Gasteiger partial charge in [0, 0.05) is 33.3 Å². The molecule has 0 aromatic carbocycles. The molecule has 1 aliphatic rings. The van der Waals surface area contributed by atoms with E-state index in [4.69, 9.17) is 4.74 Å². The monoisotopic (exact) mass is 244 g/mol. The molecular weight excluding hydrogens is 216 g/mol.